The van der Waals surface area contributed by atoms with E-state index >= 15 is 0 Å². The summed E-state index contributed by atoms with van der Waals surface area (Å²) in [5.74, 6) is 1.06. The molecule has 4 rings (SSSR count). The highest BCUT2D eigenvalue weighted by Crippen LogP contribution is 2.19. The van der Waals surface area contributed by atoms with Gasteiger partial charge in [0, 0.05) is 38.4 Å². The van der Waals surface area contributed by atoms with Gasteiger partial charge in [0.2, 0.25) is 5.91 Å². The van der Waals surface area contributed by atoms with Crippen molar-refractivity contribution in [3.63, 3.8) is 0 Å². The number of imidazole rings is 1. The fraction of sp³-hybridized carbons (Fsp3) is 0.333. The number of aromatic nitrogens is 4. The maximum absolute atomic E-state index is 13.5. The summed E-state index contributed by atoms with van der Waals surface area (Å²) in [5.41, 5.74) is 1.27. The summed E-state index contributed by atoms with van der Waals surface area (Å²) in [5, 5.41) is 3.25. The Morgan fingerprint density at radius 3 is 3.00 bits per heavy atom. The lowest BCUT2D eigenvalue weighted by atomic mass is 10.3. The number of anilines is 1. The topological polar surface area (TPSA) is 75.4 Å². The van der Waals surface area contributed by atoms with Gasteiger partial charge in [0.25, 0.3) is 0 Å². The van der Waals surface area contributed by atoms with Crippen LogP contribution in [0.5, 0.6) is 0 Å². The number of hydrogen-bond acceptors (Lipinski definition) is 5. The van der Waals surface area contributed by atoms with E-state index in [4.69, 9.17) is 0 Å². The molecular weight excluding hydrogens is 335 g/mol. The van der Waals surface area contributed by atoms with Crippen LogP contribution in [0.1, 0.15) is 19.3 Å². The van der Waals surface area contributed by atoms with E-state index < -0.39 is 0 Å². The molecule has 1 saturated heterocycles. The third-order valence-corrected chi connectivity index (χ3v) is 4.44. The number of amides is 1. The maximum Gasteiger partial charge on any atom is 0.222 e. The van der Waals surface area contributed by atoms with Crippen LogP contribution in [-0.2, 0) is 4.79 Å². The van der Waals surface area contributed by atoms with E-state index in [2.05, 4.69) is 20.3 Å². The Balaban J connectivity index is 1.43. The third kappa shape index (κ3) is 3.35. The van der Waals surface area contributed by atoms with Crippen LogP contribution < -0.4 is 5.32 Å². The highest BCUT2D eigenvalue weighted by atomic mass is 19.1. The van der Waals surface area contributed by atoms with Gasteiger partial charge in [-0.15, -0.1) is 0 Å². The Morgan fingerprint density at radius 1 is 1.23 bits per heavy atom. The minimum Gasteiger partial charge on any atom is -0.370 e. The van der Waals surface area contributed by atoms with Crippen molar-refractivity contribution in [2.75, 3.05) is 25.0 Å². The van der Waals surface area contributed by atoms with Gasteiger partial charge in [-0.3, -0.25) is 9.20 Å². The zero-order valence-electron chi connectivity index (χ0n) is 14.2. The fourth-order valence-corrected chi connectivity index (χ4v) is 3.13. The molecule has 1 N–H and O–H groups in total. The van der Waals surface area contributed by atoms with E-state index in [-0.39, 0.29) is 11.7 Å². The number of nitrogens with zero attached hydrogens (tertiary/aromatic N) is 5. The van der Waals surface area contributed by atoms with Gasteiger partial charge in [0.05, 0.1) is 6.20 Å². The molecule has 0 unspecified atom stereocenters. The zero-order chi connectivity index (χ0) is 17.9. The molecule has 134 valence electrons. The standard InChI is InChI=1S/C18H19FN6O/c19-13-4-5-16-22-11-14(25(16)12-13)18-21-8-6-15(23-18)20-7-2-10-24-9-1-3-17(24)26/h4-6,8,11-12H,1-3,7,9-10H2,(H,20,21,23). The summed E-state index contributed by atoms with van der Waals surface area (Å²) in [6.45, 7) is 2.33. The molecular formula is C18H19FN6O. The second-order valence-corrected chi connectivity index (χ2v) is 6.25. The lowest BCUT2D eigenvalue weighted by Gasteiger charge is -2.15. The Hall–Kier alpha value is -3.03. The molecule has 0 spiro atoms. The maximum atomic E-state index is 13.5. The van der Waals surface area contributed by atoms with Crippen LogP contribution in [0.2, 0.25) is 0 Å². The van der Waals surface area contributed by atoms with Crippen molar-refractivity contribution in [3.8, 4) is 11.5 Å². The van der Waals surface area contributed by atoms with Gasteiger partial charge >= 0.3 is 0 Å². The van der Waals surface area contributed by atoms with Crippen LogP contribution in [0.25, 0.3) is 17.2 Å². The number of fused-ring (bicyclic) bond motifs is 1. The summed E-state index contributed by atoms with van der Waals surface area (Å²) in [6, 6.07) is 4.77. The van der Waals surface area contributed by atoms with E-state index in [0.717, 1.165) is 25.9 Å². The molecule has 0 aromatic carbocycles. The molecule has 3 aromatic heterocycles. The molecule has 0 bridgehead atoms. The molecule has 3 aromatic rings. The number of rotatable bonds is 6. The van der Waals surface area contributed by atoms with Gasteiger partial charge in [-0.05, 0) is 31.0 Å². The third-order valence-electron chi connectivity index (χ3n) is 4.44. The van der Waals surface area contributed by atoms with Crippen LogP contribution in [0.15, 0.2) is 36.8 Å². The molecule has 26 heavy (non-hydrogen) atoms. The van der Waals surface area contributed by atoms with Crippen molar-refractivity contribution in [2.45, 2.75) is 19.3 Å². The van der Waals surface area contributed by atoms with Gasteiger partial charge in [0.15, 0.2) is 5.82 Å². The summed E-state index contributed by atoms with van der Waals surface area (Å²) in [7, 11) is 0. The second-order valence-electron chi connectivity index (χ2n) is 6.25. The minimum atomic E-state index is -0.345. The first kappa shape index (κ1) is 16.4. The fourth-order valence-electron chi connectivity index (χ4n) is 3.13. The number of likely N-dealkylation sites (tertiary alicyclic amines) is 1. The highest BCUT2D eigenvalue weighted by Gasteiger charge is 2.19. The molecule has 0 saturated carbocycles. The monoisotopic (exact) mass is 354 g/mol. The first-order valence-corrected chi connectivity index (χ1v) is 8.68. The van der Waals surface area contributed by atoms with Crippen molar-refractivity contribution >= 4 is 17.4 Å². The number of nitrogens with one attached hydrogen (secondary N) is 1. The quantitative estimate of drug-likeness (QED) is 0.688. The molecule has 1 fully saturated rings. The van der Waals surface area contributed by atoms with E-state index in [1.165, 1.54) is 12.3 Å². The van der Waals surface area contributed by atoms with Crippen LogP contribution in [0.3, 0.4) is 0 Å². The van der Waals surface area contributed by atoms with Crippen molar-refractivity contribution in [3.05, 3.63) is 42.6 Å². The lowest BCUT2D eigenvalue weighted by molar-refractivity contribution is -0.127. The normalized spacial score (nSPS) is 14.3. The van der Waals surface area contributed by atoms with Crippen molar-refractivity contribution < 1.29 is 9.18 Å². The summed E-state index contributed by atoms with van der Waals surface area (Å²) in [4.78, 5) is 26.5. The summed E-state index contributed by atoms with van der Waals surface area (Å²) in [6.07, 6.45) is 7.14. The van der Waals surface area contributed by atoms with E-state index in [1.807, 2.05) is 4.90 Å². The number of carbonyl (C=O) groups excluding carboxylic acids is 1. The molecule has 1 amide bonds. The predicted molar refractivity (Wildman–Crippen MR) is 95.1 cm³/mol. The van der Waals surface area contributed by atoms with Gasteiger partial charge in [-0.1, -0.05) is 0 Å². The molecule has 1 aliphatic heterocycles. The average molecular weight is 354 g/mol. The number of carbonyl (C=O) groups is 1. The van der Waals surface area contributed by atoms with Gasteiger partial charge in [-0.2, -0.15) is 0 Å². The molecule has 0 radical (unpaired) electrons. The smallest absolute Gasteiger partial charge is 0.222 e. The van der Waals surface area contributed by atoms with Crippen LogP contribution >= 0.6 is 0 Å². The average Bonchev–Trinajstić information content (AvgIpc) is 3.25. The number of halogens is 1. The Morgan fingerprint density at radius 2 is 2.15 bits per heavy atom. The Labute approximate surface area is 149 Å². The van der Waals surface area contributed by atoms with Gasteiger partial charge < -0.3 is 10.2 Å². The van der Waals surface area contributed by atoms with Gasteiger partial charge in [0.1, 0.15) is 23.0 Å². The Bertz CT molecular complexity index is 940. The summed E-state index contributed by atoms with van der Waals surface area (Å²) < 4.78 is 15.2. The van der Waals surface area contributed by atoms with Crippen LogP contribution in [-0.4, -0.2) is 49.8 Å². The number of pyridine rings is 1. The molecule has 4 heterocycles. The lowest BCUT2D eigenvalue weighted by Crippen LogP contribution is -2.27. The number of hydrogen-bond donors (Lipinski definition) is 1. The van der Waals surface area contributed by atoms with E-state index in [9.17, 15) is 9.18 Å². The Kier molecular flexibility index (Phi) is 4.47. The van der Waals surface area contributed by atoms with E-state index in [0.29, 0.717) is 35.9 Å². The predicted octanol–water partition coefficient (Wildman–Crippen LogP) is 2.35. The SMILES string of the molecule is O=C1CCCN1CCCNc1ccnc(-c2cnc3ccc(F)cn23)n1. The summed E-state index contributed by atoms with van der Waals surface area (Å²) >= 11 is 0. The second kappa shape index (κ2) is 7.07. The van der Waals surface area contributed by atoms with Gasteiger partial charge in [-0.25, -0.2) is 19.3 Å². The van der Waals surface area contributed by atoms with Crippen molar-refractivity contribution in [2.24, 2.45) is 0 Å². The van der Waals surface area contributed by atoms with E-state index in [1.54, 1.807) is 28.9 Å². The van der Waals surface area contributed by atoms with Crippen LogP contribution in [0.4, 0.5) is 10.2 Å². The molecule has 7 nitrogen and oxygen atoms in total. The molecule has 1 aliphatic rings. The largest absolute Gasteiger partial charge is 0.370 e. The minimum absolute atomic E-state index is 0.245. The van der Waals surface area contributed by atoms with Crippen molar-refractivity contribution in [1.82, 2.24) is 24.3 Å². The highest BCUT2D eigenvalue weighted by molar-refractivity contribution is 5.78. The first-order chi connectivity index (χ1) is 12.7. The molecule has 0 aliphatic carbocycles. The first-order valence-electron chi connectivity index (χ1n) is 8.68. The van der Waals surface area contributed by atoms with Crippen LogP contribution in [0, 0.1) is 5.82 Å². The molecule has 8 heteroatoms. The molecule has 0 atom stereocenters. The zero-order valence-corrected chi connectivity index (χ0v) is 14.2. The van der Waals surface area contributed by atoms with Crippen molar-refractivity contribution in [1.29, 1.82) is 0 Å².